The lowest BCUT2D eigenvalue weighted by Crippen LogP contribution is -2.36. The number of nitrogens with zero attached hydrogens (tertiary/aromatic N) is 2. The molecule has 0 aliphatic carbocycles. The molecule has 0 heterocycles. The predicted octanol–water partition coefficient (Wildman–Crippen LogP) is 2.91. The van der Waals surface area contributed by atoms with Crippen molar-refractivity contribution in [1.29, 1.82) is 0 Å². The summed E-state index contributed by atoms with van der Waals surface area (Å²) >= 11 is 1.43. The van der Waals surface area contributed by atoms with Crippen molar-refractivity contribution in [2.45, 2.75) is 16.7 Å². The van der Waals surface area contributed by atoms with E-state index in [1.54, 1.807) is 19.1 Å². The van der Waals surface area contributed by atoms with E-state index in [9.17, 15) is 23.3 Å². The molecule has 1 N–H and O–H groups in total. The third-order valence-corrected chi connectivity index (χ3v) is 6.12. The molecule has 8 nitrogen and oxygen atoms in total. The Balaban J connectivity index is 2.61. The first kappa shape index (κ1) is 19.7. The van der Waals surface area contributed by atoms with E-state index in [0.717, 1.165) is 11.0 Å². The molecule has 0 amide bonds. The number of carboxylic acids is 1. The van der Waals surface area contributed by atoms with Crippen LogP contribution in [0.4, 0.5) is 11.4 Å². The predicted molar refractivity (Wildman–Crippen MR) is 98.2 cm³/mol. The Hall–Kier alpha value is -2.59. The van der Waals surface area contributed by atoms with E-state index in [-0.39, 0.29) is 16.3 Å². The van der Waals surface area contributed by atoms with Crippen LogP contribution in [-0.4, -0.2) is 37.2 Å². The molecular weight excluding hydrogens is 380 g/mol. The van der Waals surface area contributed by atoms with Gasteiger partial charge in [0.05, 0.1) is 15.5 Å². The topological polar surface area (TPSA) is 118 Å². The van der Waals surface area contributed by atoms with Crippen LogP contribution in [0, 0.1) is 17.0 Å². The van der Waals surface area contributed by atoms with Crippen molar-refractivity contribution in [2.24, 2.45) is 0 Å². The lowest BCUT2D eigenvalue weighted by atomic mass is 10.2. The molecule has 0 unspecified atom stereocenters. The number of thioether (sulfide) groups is 1. The zero-order chi connectivity index (χ0) is 19.5. The number of aryl methyl sites for hydroxylation is 1. The number of sulfonamides is 1. The minimum absolute atomic E-state index is 0.0458. The second kappa shape index (κ2) is 7.75. The van der Waals surface area contributed by atoms with Crippen molar-refractivity contribution in [3.63, 3.8) is 0 Å². The average molecular weight is 396 g/mol. The molecule has 2 rings (SSSR count). The van der Waals surface area contributed by atoms with Crippen LogP contribution in [-0.2, 0) is 14.8 Å². The second-order valence-corrected chi connectivity index (χ2v) is 8.05. The van der Waals surface area contributed by atoms with Gasteiger partial charge in [0.1, 0.15) is 6.54 Å². The highest BCUT2D eigenvalue weighted by atomic mass is 32.2. The van der Waals surface area contributed by atoms with Gasteiger partial charge in [0.15, 0.2) is 0 Å². The number of benzene rings is 2. The molecule has 0 spiro atoms. The number of carbonyl (C=O) groups is 1. The average Bonchev–Trinajstić information content (AvgIpc) is 2.60. The number of aliphatic carboxylic acids is 1. The molecule has 0 bridgehead atoms. The van der Waals surface area contributed by atoms with E-state index in [1.165, 1.54) is 36.0 Å². The Morgan fingerprint density at radius 1 is 1.23 bits per heavy atom. The number of rotatable bonds is 7. The summed E-state index contributed by atoms with van der Waals surface area (Å²) in [6.07, 6.45) is 1.84. The van der Waals surface area contributed by atoms with Gasteiger partial charge < -0.3 is 5.11 Å². The fourth-order valence-electron chi connectivity index (χ4n) is 2.28. The fraction of sp³-hybridized carbons (Fsp3) is 0.188. The minimum Gasteiger partial charge on any atom is -0.480 e. The number of carboxylic acid groups (broad SMARTS) is 1. The summed E-state index contributed by atoms with van der Waals surface area (Å²) in [6, 6.07) is 9.65. The highest BCUT2D eigenvalue weighted by Gasteiger charge is 2.29. The molecule has 10 heteroatoms. The van der Waals surface area contributed by atoms with Gasteiger partial charge in [-0.25, -0.2) is 8.42 Å². The van der Waals surface area contributed by atoms with Crippen molar-refractivity contribution in [1.82, 2.24) is 0 Å². The van der Waals surface area contributed by atoms with E-state index in [4.69, 9.17) is 5.11 Å². The molecule has 2 aromatic carbocycles. The van der Waals surface area contributed by atoms with Crippen LogP contribution < -0.4 is 4.31 Å². The Labute approximate surface area is 154 Å². The van der Waals surface area contributed by atoms with Gasteiger partial charge in [-0.15, -0.1) is 11.8 Å². The highest BCUT2D eigenvalue weighted by molar-refractivity contribution is 7.98. The maximum atomic E-state index is 13.0. The molecule has 0 aromatic heterocycles. The molecule has 0 aliphatic rings. The first-order valence-corrected chi connectivity index (χ1v) is 9.97. The molecule has 0 saturated heterocycles. The van der Waals surface area contributed by atoms with E-state index in [1.807, 2.05) is 6.26 Å². The fourth-order valence-corrected chi connectivity index (χ4v) is 4.16. The Morgan fingerprint density at radius 3 is 2.35 bits per heavy atom. The summed E-state index contributed by atoms with van der Waals surface area (Å²) in [5.41, 5.74) is 0.0330. The zero-order valence-corrected chi connectivity index (χ0v) is 15.6. The van der Waals surface area contributed by atoms with Crippen molar-refractivity contribution in [3.05, 3.63) is 58.1 Å². The van der Waals surface area contributed by atoms with E-state index in [0.29, 0.717) is 9.87 Å². The standard InChI is InChI=1S/C16H16N2O6S2/c1-11-3-4-12(18(21)22)9-15(11)17(10-16(19)20)26(23,24)14-7-5-13(25-2)6-8-14/h3-9H,10H2,1-2H3,(H,19,20). The zero-order valence-electron chi connectivity index (χ0n) is 13.9. The summed E-state index contributed by atoms with van der Waals surface area (Å²) in [5, 5.41) is 20.2. The SMILES string of the molecule is CSc1ccc(S(=O)(=O)N(CC(=O)O)c2cc([N+](=O)[O-])ccc2C)cc1. The van der Waals surface area contributed by atoms with Crippen molar-refractivity contribution in [3.8, 4) is 0 Å². The number of hydrogen-bond acceptors (Lipinski definition) is 6. The normalized spacial score (nSPS) is 11.2. The van der Waals surface area contributed by atoms with Crippen LogP contribution in [0.3, 0.4) is 0 Å². The lowest BCUT2D eigenvalue weighted by molar-refractivity contribution is -0.384. The first-order valence-electron chi connectivity index (χ1n) is 7.30. The van der Waals surface area contributed by atoms with Gasteiger partial charge in [-0.1, -0.05) is 6.07 Å². The number of anilines is 1. The molecule has 0 fully saturated rings. The molecule has 0 radical (unpaired) electrons. The largest absolute Gasteiger partial charge is 0.480 e. The Morgan fingerprint density at radius 2 is 1.85 bits per heavy atom. The third-order valence-electron chi connectivity index (χ3n) is 3.60. The molecule has 0 saturated carbocycles. The van der Waals surface area contributed by atoms with Crippen molar-refractivity contribution >= 4 is 39.1 Å². The first-order chi connectivity index (χ1) is 12.2. The quantitative estimate of drug-likeness (QED) is 0.434. The minimum atomic E-state index is -4.22. The number of nitro benzene ring substituents is 1. The van der Waals surface area contributed by atoms with Gasteiger partial charge in [0.25, 0.3) is 15.7 Å². The number of non-ortho nitro benzene ring substituents is 1. The maximum absolute atomic E-state index is 13.0. The van der Waals surface area contributed by atoms with Crippen LogP contribution in [0.15, 0.2) is 52.3 Å². The van der Waals surface area contributed by atoms with E-state index >= 15 is 0 Å². The van der Waals surface area contributed by atoms with Gasteiger partial charge in [-0.2, -0.15) is 0 Å². The highest BCUT2D eigenvalue weighted by Crippen LogP contribution is 2.30. The van der Waals surface area contributed by atoms with Gasteiger partial charge in [-0.05, 0) is 43.0 Å². The van der Waals surface area contributed by atoms with E-state index < -0.39 is 27.5 Å². The molecular formula is C16H16N2O6S2. The second-order valence-electron chi connectivity index (χ2n) is 5.31. The van der Waals surface area contributed by atoms with Gasteiger partial charge in [0, 0.05) is 17.0 Å². The van der Waals surface area contributed by atoms with Gasteiger partial charge in [-0.3, -0.25) is 19.2 Å². The van der Waals surface area contributed by atoms with Crippen molar-refractivity contribution in [2.75, 3.05) is 17.1 Å². The third kappa shape index (κ3) is 4.14. The van der Waals surface area contributed by atoms with Gasteiger partial charge in [0.2, 0.25) is 0 Å². The van der Waals surface area contributed by atoms with Crippen LogP contribution >= 0.6 is 11.8 Å². The molecule has 26 heavy (non-hydrogen) atoms. The van der Waals surface area contributed by atoms with E-state index in [2.05, 4.69) is 0 Å². The van der Waals surface area contributed by atoms with Crippen LogP contribution in [0.5, 0.6) is 0 Å². The van der Waals surface area contributed by atoms with Crippen LogP contribution in [0.25, 0.3) is 0 Å². The van der Waals surface area contributed by atoms with Crippen LogP contribution in [0.2, 0.25) is 0 Å². The number of nitro groups is 1. The molecule has 2 aromatic rings. The molecule has 138 valence electrons. The number of hydrogen-bond donors (Lipinski definition) is 1. The summed E-state index contributed by atoms with van der Waals surface area (Å²) < 4.78 is 26.6. The monoisotopic (exact) mass is 396 g/mol. The Bertz CT molecular complexity index is 942. The van der Waals surface area contributed by atoms with Crippen LogP contribution in [0.1, 0.15) is 5.56 Å². The summed E-state index contributed by atoms with van der Waals surface area (Å²) in [5.74, 6) is -1.37. The maximum Gasteiger partial charge on any atom is 0.324 e. The lowest BCUT2D eigenvalue weighted by Gasteiger charge is -2.24. The summed E-state index contributed by atoms with van der Waals surface area (Å²) in [4.78, 5) is 22.4. The Kier molecular flexibility index (Phi) is 5.88. The smallest absolute Gasteiger partial charge is 0.324 e. The molecule has 0 atom stereocenters. The summed E-state index contributed by atoms with van der Waals surface area (Å²) in [6.45, 7) is 0.703. The van der Waals surface area contributed by atoms with Gasteiger partial charge >= 0.3 is 5.97 Å². The summed E-state index contributed by atoms with van der Waals surface area (Å²) in [7, 11) is -4.22. The van der Waals surface area contributed by atoms with Crippen molar-refractivity contribution < 1.29 is 23.2 Å². The molecule has 0 aliphatic heterocycles.